The van der Waals surface area contributed by atoms with Crippen LogP contribution in [0.2, 0.25) is 0 Å². The van der Waals surface area contributed by atoms with Gasteiger partial charge in [0.05, 0.1) is 11.8 Å². The molecule has 1 N–H and O–H groups in total. The summed E-state index contributed by atoms with van der Waals surface area (Å²) in [6.07, 6.45) is 1.31. The fourth-order valence-corrected chi connectivity index (χ4v) is 2.56. The lowest BCUT2D eigenvalue weighted by molar-refractivity contribution is -0.132. The van der Waals surface area contributed by atoms with Crippen LogP contribution in [0.3, 0.4) is 0 Å². The lowest BCUT2D eigenvalue weighted by atomic mass is 10.4. The highest BCUT2D eigenvalue weighted by Gasteiger charge is 2.19. The van der Waals surface area contributed by atoms with Gasteiger partial charge in [-0.1, -0.05) is 17.4 Å². The Labute approximate surface area is 139 Å². The van der Waals surface area contributed by atoms with E-state index in [-0.39, 0.29) is 31.0 Å². The molecule has 0 aliphatic carbocycles. The van der Waals surface area contributed by atoms with Crippen molar-refractivity contribution in [3.8, 4) is 0 Å². The summed E-state index contributed by atoms with van der Waals surface area (Å²) in [7, 11) is 0. The second kappa shape index (κ2) is 8.42. The van der Waals surface area contributed by atoms with Gasteiger partial charge in [0.25, 0.3) is 0 Å². The lowest BCUT2D eigenvalue weighted by Gasteiger charge is -2.17. The Hall–Kier alpha value is -2.22. The zero-order valence-electron chi connectivity index (χ0n) is 13.7. The third-order valence-electron chi connectivity index (χ3n) is 2.70. The van der Waals surface area contributed by atoms with Gasteiger partial charge in [0, 0.05) is 13.5 Å². The highest BCUT2D eigenvalue weighted by molar-refractivity contribution is 7.17. The van der Waals surface area contributed by atoms with E-state index in [0.717, 1.165) is 11.3 Å². The van der Waals surface area contributed by atoms with E-state index in [1.165, 1.54) is 11.8 Å². The number of ether oxygens (including phenoxy) is 1. The van der Waals surface area contributed by atoms with E-state index in [1.54, 1.807) is 26.8 Å². The summed E-state index contributed by atoms with van der Waals surface area (Å²) in [4.78, 5) is 41.1. The molecule has 2 amide bonds. The van der Waals surface area contributed by atoms with E-state index in [9.17, 15) is 14.4 Å². The van der Waals surface area contributed by atoms with E-state index >= 15 is 0 Å². The van der Waals surface area contributed by atoms with Crippen molar-refractivity contribution >= 4 is 34.3 Å². The monoisotopic (exact) mass is 339 g/mol. The number of carbonyl (C=O) groups excluding carboxylic acids is 3. The van der Waals surface area contributed by atoms with Crippen LogP contribution >= 0.6 is 11.3 Å². The largest absolute Gasteiger partial charge is 0.459 e. The van der Waals surface area contributed by atoms with Crippen LogP contribution in [-0.4, -0.2) is 46.9 Å². The summed E-state index contributed by atoms with van der Waals surface area (Å²) in [5, 5.41) is 2.88. The highest BCUT2D eigenvalue weighted by Crippen LogP contribution is 2.23. The molecule has 8 heteroatoms. The van der Waals surface area contributed by atoms with Crippen molar-refractivity contribution in [2.75, 3.05) is 18.4 Å². The molecule has 126 valence electrons. The van der Waals surface area contributed by atoms with E-state index in [0.29, 0.717) is 15.7 Å². The fraction of sp³-hybridized carbons (Fsp3) is 0.467. The van der Waals surface area contributed by atoms with Crippen LogP contribution in [0.1, 0.15) is 36.1 Å². The van der Waals surface area contributed by atoms with Crippen LogP contribution < -0.4 is 5.32 Å². The third kappa shape index (κ3) is 5.82. The minimum atomic E-state index is -0.465. The quantitative estimate of drug-likeness (QED) is 0.606. The number of rotatable bonds is 7. The number of amides is 2. The standard InChI is InChI=1S/C15H21N3O4S/c1-6-7-18(11(5)19)8-12(20)17-15-16-10(4)13(23-15)14(21)22-9(2)3/h6,9H,1,7-8H2,2-5H3,(H,16,17,20). The highest BCUT2D eigenvalue weighted by atomic mass is 32.1. The predicted molar refractivity (Wildman–Crippen MR) is 88.5 cm³/mol. The summed E-state index contributed by atoms with van der Waals surface area (Å²) < 4.78 is 5.12. The van der Waals surface area contributed by atoms with Gasteiger partial charge in [-0.25, -0.2) is 9.78 Å². The lowest BCUT2D eigenvalue weighted by Crippen LogP contribution is -2.36. The Balaban J connectivity index is 2.74. The van der Waals surface area contributed by atoms with E-state index in [1.807, 2.05) is 0 Å². The first-order valence-corrected chi connectivity index (χ1v) is 7.90. The number of anilines is 1. The zero-order chi connectivity index (χ0) is 17.6. The Kier molecular flexibility index (Phi) is 6.89. The number of esters is 1. The molecule has 1 aromatic rings. The summed E-state index contributed by atoms with van der Waals surface area (Å²) >= 11 is 1.05. The number of hydrogen-bond acceptors (Lipinski definition) is 6. The Morgan fingerprint density at radius 1 is 1.43 bits per heavy atom. The molecule has 0 radical (unpaired) electrons. The predicted octanol–water partition coefficient (Wildman–Crippen LogP) is 1.99. The summed E-state index contributed by atoms with van der Waals surface area (Å²) in [6, 6.07) is 0. The average Bonchev–Trinajstić information content (AvgIpc) is 2.78. The van der Waals surface area contributed by atoms with Crippen molar-refractivity contribution in [3.63, 3.8) is 0 Å². The maximum Gasteiger partial charge on any atom is 0.350 e. The molecular weight excluding hydrogens is 318 g/mol. The molecule has 0 atom stereocenters. The number of nitrogens with one attached hydrogen (secondary N) is 1. The van der Waals surface area contributed by atoms with E-state index in [2.05, 4.69) is 16.9 Å². The molecule has 0 bridgehead atoms. The number of nitrogens with zero attached hydrogens (tertiary/aromatic N) is 2. The van der Waals surface area contributed by atoms with Gasteiger partial charge in [-0.3, -0.25) is 9.59 Å². The van der Waals surface area contributed by atoms with Crippen LogP contribution in [0.15, 0.2) is 12.7 Å². The molecule has 0 aliphatic rings. The van der Waals surface area contributed by atoms with Crippen LogP contribution in [0, 0.1) is 6.92 Å². The molecule has 0 fully saturated rings. The van der Waals surface area contributed by atoms with Crippen molar-refractivity contribution in [2.24, 2.45) is 0 Å². The Bertz CT molecular complexity index is 610. The number of aryl methyl sites for hydroxylation is 1. The fourth-order valence-electron chi connectivity index (χ4n) is 1.70. The van der Waals surface area contributed by atoms with Gasteiger partial charge in [-0.15, -0.1) is 6.58 Å². The smallest absolute Gasteiger partial charge is 0.350 e. The first-order chi connectivity index (χ1) is 10.7. The van der Waals surface area contributed by atoms with Gasteiger partial charge in [-0.05, 0) is 20.8 Å². The molecule has 0 saturated heterocycles. The van der Waals surface area contributed by atoms with Gasteiger partial charge in [0.2, 0.25) is 11.8 Å². The minimum Gasteiger partial charge on any atom is -0.459 e. The SMILES string of the molecule is C=CCN(CC(=O)Nc1nc(C)c(C(=O)OC(C)C)s1)C(C)=O. The summed E-state index contributed by atoms with van der Waals surface area (Å²) in [5.41, 5.74) is 0.491. The maximum absolute atomic E-state index is 12.0. The first-order valence-electron chi connectivity index (χ1n) is 7.09. The van der Waals surface area contributed by atoms with Crippen molar-refractivity contribution < 1.29 is 19.1 Å². The molecule has 1 rings (SSSR count). The molecular formula is C15H21N3O4S. The van der Waals surface area contributed by atoms with Crippen LogP contribution in [0.4, 0.5) is 5.13 Å². The van der Waals surface area contributed by atoms with E-state index in [4.69, 9.17) is 4.74 Å². The van der Waals surface area contributed by atoms with Crippen molar-refractivity contribution in [1.29, 1.82) is 0 Å². The van der Waals surface area contributed by atoms with Crippen molar-refractivity contribution in [3.05, 3.63) is 23.2 Å². The first kappa shape index (κ1) is 18.8. The number of thiazole rings is 1. The molecule has 0 aliphatic heterocycles. The van der Waals surface area contributed by atoms with Gasteiger partial charge >= 0.3 is 5.97 Å². The minimum absolute atomic E-state index is 0.105. The molecule has 0 saturated carbocycles. The van der Waals surface area contributed by atoms with Crippen molar-refractivity contribution in [1.82, 2.24) is 9.88 Å². The number of hydrogen-bond donors (Lipinski definition) is 1. The van der Waals surface area contributed by atoms with Gasteiger partial charge in [-0.2, -0.15) is 0 Å². The van der Waals surface area contributed by atoms with Gasteiger partial charge in [0.15, 0.2) is 5.13 Å². The van der Waals surface area contributed by atoms with E-state index < -0.39 is 5.97 Å². The maximum atomic E-state index is 12.0. The van der Waals surface area contributed by atoms with Gasteiger partial charge < -0.3 is 15.0 Å². The Morgan fingerprint density at radius 2 is 2.09 bits per heavy atom. The van der Waals surface area contributed by atoms with Crippen LogP contribution in [0.5, 0.6) is 0 Å². The number of aromatic nitrogens is 1. The van der Waals surface area contributed by atoms with Crippen molar-refractivity contribution in [2.45, 2.75) is 33.8 Å². The molecule has 0 unspecified atom stereocenters. The average molecular weight is 339 g/mol. The topological polar surface area (TPSA) is 88.6 Å². The molecule has 1 heterocycles. The second-order valence-corrected chi connectivity index (χ2v) is 6.12. The van der Waals surface area contributed by atoms with Gasteiger partial charge in [0.1, 0.15) is 11.4 Å². The normalized spacial score (nSPS) is 10.3. The third-order valence-corrected chi connectivity index (χ3v) is 3.75. The molecule has 0 aromatic carbocycles. The van der Waals surface area contributed by atoms with Crippen LogP contribution in [-0.2, 0) is 14.3 Å². The zero-order valence-corrected chi connectivity index (χ0v) is 14.5. The molecule has 7 nitrogen and oxygen atoms in total. The Morgan fingerprint density at radius 3 is 2.61 bits per heavy atom. The van der Waals surface area contributed by atoms with Crippen LogP contribution in [0.25, 0.3) is 0 Å². The number of carbonyl (C=O) groups is 3. The summed E-state index contributed by atoms with van der Waals surface area (Å²) in [5.74, 6) is -1.08. The molecule has 1 aromatic heterocycles. The second-order valence-electron chi connectivity index (χ2n) is 5.12. The summed E-state index contributed by atoms with van der Waals surface area (Å²) in [6.45, 7) is 10.3. The molecule has 23 heavy (non-hydrogen) atoms. The molecule has 0 spiro atoms.